The van der Waals surface area contributed by atoms with E-state index in [0.717, 1.165) is 4.68 Å². The molecule has 0 unspecified atom stereocenters. The largest absolute Gasteiger partial charge is 0.508 e. The van der Waals surface area contributed by atoms with Crippen LogP contribution in [0.3, 0.4) is 0 Å². The van der Waals surface area contributed by atoms with Crippen molar-refractivity contribution in [2.45, 2.75) is 11.6 Å². The standard InChI is InChI=1S/C10H11BrN4O3S/c1-15-10(9(11)13-14-15)19(17,18)12-6-7-4-2-3-5-8(7)16/h2-5,12,16H,6H2,1H3. The summed E-state index contributed by atoms with van der Waals surface area (Å²) in [5, 5.41) is 16.7. The number of benzene rings is 1. The maximum absolute atomic E-state index is 12.1. The molecule has 0 aliphatic carbocycles. The second kappa shape index (κ2) is 5.27. The number of halogens is 1. The molecule has 0 saturated heterocycles. The number of phenolic OH excluding ortho intramolecular Hbond substituents is 1. The Hall–Kier alpha value is -1.45. The zero-order valence-electron chi connectivity index (χ0n) is 9.91. The Kier molecular flexibility index (Phi) is 3.88. The molecule has 2 rings (SSSR count). The van der Waals surface area contributed by atoms with E-state index in [2.05, 4.69) is 31.0 Å². The van der Waals surface area contributed by atoms with Gasteiger partial charge in [-0.15, -0.1) is 5.10 Å². The second-order valence-corrected chi connectivity index (χ2v) is 6.20. The summed E-state index contributed by atoms with van der Waals surface area (Å²) in [5.41, 5.74) is 0.484. The van der Waals surface area contributed by atoms with Crippen LogP contribution < -0.4 is 4.72 Å². The third kappa shape index (κ3) is 2.94. The Morgan fingerprint density at radius 2 is 2.11 bits per heavy atom. The van der Waals surface area contributed by atoms with Crippen LogP contribution in [0.5, 0.6) is 5.75 Å². The summed E-state index contributed by atoms with van der Waals surface area (Å²) in [6.07, 6.45) is 0. The number of aromatic nitrogens is 3. The Labute approximate surface area is 118 Å². The maximum Gasteiger partial charge on any atom is 0.260 e. The van der Waals surface area contributed by atoms with Crippen LogP contribution in [0.4, 0.5) is 0 Å². The molecule has 9 heteroatoms. The normalized spacial score (nSPS) is 11.7. The Morgan fingerprint density at radius 1 is 1.42 bits per heavy atom. The van der Waals surface area contributed by atoms with Gasteiger partial charge in [-0.3, -0.25) is 0 Å². The van der Waals surface area contributed by atoms with Gasteiger partial charge in [-0.1, -0.05) is 23.4 Å². The number of hydrogen-bond acceptors (Lipinski definition) is 5. The predicted molar refractivity (Wildman–Crippen MR) is 70.8 cm³/mol. The fraction of sp³-hybridized carbons (Fsp3) is 0.200. The monoisotopic (exact) mass is 346 g/mol. The zero-order chi connectivity index (χ0) is 14.0. The van der Waals surface area contributed by atoms with Crippen LogP contribution in [0.15, 0.2) is 33.9 Å². The van der Waals surface area contributed by atoms with Crippen molar-refractivity contribution in [3.8, 4) is 5.75 Å². The quantitative estimate of drug-likeness (QED) is 0.851. The van der Waals surface area contributed by atoms with E-state index in [4.69, 9.17) is 0 Å². The molecule has 0 fully saturated rings. The summed E-state index contributed by atoms with van der Waals surface area (Å²) in [4.78, 5) is 0. The van der Waals surface area contributed by atoms with Gasteiger partial charge in [0.05, 0.1) is 0 Å². The van der Waals surface area contributed by atoms with Gasteiger partial charge in [0, 0.05) is 19.2 Å². The van der Waals surface area contributed by atoms with E-state index in [9.17, 15) is 13.5 Å². The SMILES string of the molecule is Cn1nnc(Br)c1S(=O)(=O)NCc1ccccc1O. The van der Waals surface area contributed by atoms with Crippen molar-refractivity contribution < 1.29 is 13.5 Å². The molecular formula is C10H11BrN4O3S. The van der Waals surface area contributed by atoms with Crippen LogP contribution >= 0.6 is 15.9 Å². The highest BCUT2D eigenvalue weighted by molar-refractivity contribution is 9.10. The fourth-order valence-electron chi connectivity index (χ4n) is 1.51. The van der Waals surface area contributed by atoms with Gasteiger partial charge in [-0.2, -0.15) is 0 Å². The average molecular weight is 347 g/mol. The molecule has 7 nitrogen and oxygen atoms in total. The van der Waals surface area contributed by atoms with E-state index in [-0.39, 0.29) is 21.9 Å². The summed E-state index contributed by atoms with van der Waals surface area (Å²) >= 11 is 3.03. The lowest BCUT2D eigenvalue weighted by atomic mass is 10.2. The number of phenols is 1. The lowest BCUT2D eigenvalue weighted by molar-refractivity contribution is 0.467. The van der Waals surface area contributed by atoms with Gasteiger partial charge in [0.2, 0.25) is 5.03 Å². The smallest absolute Gasteiger partial charge is 0.260 e. The number of para-hydroxylation sites is 1. The van der Waals surface area contributed by atoms with Gasteiger partial charge in [0.25, 0.3) is 10.0 Å². The van der Waals surface area contributed by atoms with E-state index >= 15 is 0 Å². The first kappa shape index (κ1) is 14.0. The first-order valence-electron chi connectivity index (χ1n) is 5.23. The number of nitrogens with zero attached hydrogens (tertiary/aromatic N) is 3. The molecule has 0 spiro atoms. The molecule has 19 heavy (non-hydrogen) atoms. The number of nitrogens with one attached hydrogen (secondary N) is 1. The molecule has 0 bridgehead atoms. The van der Waals surface area contributed by atoms with Crippen LogP contribution in [-0.2, 0) is 23.6 Å². The first-order valence-corrected chi connectivity index (χ1v) is 7.51. The number of sulfonamides is 1. The predicted octanol–water partition coefficient (Wildman–Crippen LogP) is 0.762. The van der Waals surface area contributed by atoms with Crippen molar-refractivity contribution in [2.24, 2.45) is 7.05 Å². The molecule has 0 radical (unpaired) electrons. The lowest BCUT2D eigenvalue weighted by Crippen LogP contribution is -2.25. The van der Waals surface area contributed by atoms with Crippen LogP contribution in [0.2, 0.25) is 0 Å². The molecule has 2 N–H and O–H groups in total. The van der Waals surface area contributed by atoms with E-state index in [0.29, 0.717) is 5.56 Å². The molecule has 0 atom stereocenters. The van der Waals surface area contributed by atoms with Crippen molar-refractivity contribution in [1.29, 1.82) is 0 Å². The van der Waals surface area contributed by atoms with E-state index in [1.165, 1.54) is 13.1 Å². The molecule has 1 heterocycles. The van der Waals surface area contributed by atoms with Gasteiger partial charge in [0.1, 0.15) is 5.75 Å². The van der Waals surface area contributed by atoms with E-state index in [1.54, 1.807) is 18.2 Å². The van der Waals surface area contributed by atoms with E-state index in [1.807, 2.05) is 0 Å². The number of hydrogen-bond donors (Lipinski definition) is 2. The summed E-state index contributed by atoms with van der Waals surface area (Å²) in [6.45, 7) is -0.0212. The van der Waals surface area contributed by atoms with E-state index < -0.39 is 10.0 Å². The molecule has 0 saturated carbocycles. The fourth-order valence-corrected chi connectivity index (χ4v) is 3.61. The third-order valence-corrected chi connectivity index (χ3v) is 4.72. The highest BCUT2D eigenvalue weighted by Gasteiger charge is 2.23. The molecule has 1 aromatic heterocycles. The van der Waals surface area contributed by atoms with Gasteiger partial charge < -0.3 is 5.11 Å². The van der Waals surface area contributed by atoms with Gasteiger partial charge in [0.15, 0.2) is 4.60 Å². The minimum absolute atomic E-state index is 0.0212. The second-order valence-electron chi connectivity index (χ2n) is 3.76. The van der Waals surface area contributed by atoms with Crippen molar-refractivity contribution in [3.05, 3.63) is 34.4 Å². The van der Waals surface area contributed by atoms with Crippen LogP contribution in [0, 0.1) is 0 Å². The average Bonchev–Trinajstić information content (AvgIpc) is 2.69. The van der Waals surface area contributed by atoms with Crippen LogP contribution in [0.25, 0.3) is 0 Å². The molecule has 2 aromatic rings. The molecule has 102 valence electrons. The lowest BCUT2D eigenvalue weighted by Gasteiger charge is -2.07. The Morgan fingerprint density at radius 3 is 2.68 bits per heavy atom. The highest BCUT2D eigenvalue weighted by atomic mass is 79.9. The summed E-state index contributed by atoms with van der Waals surface area (Å²) < 4.78 is 27.9. The van der Waals surface area contributed by atoms with Gasteiger partial charge in [-0.25, -0.2) is 17.8 Å². The minimum atomic E-state index is -3.76. The van der Waals surface area contributed by atoms with Crippen molar-refractivity contribution in [1.82, 2.24) is 19.7 Å². The Balaban J connectivity index is 2.22. The first-order chi connectivity index (χ1) is 8.92. The third-order valence-electron chi connectivity index (χ3n) is 2.44. The van der Waals surface area contributed by atoms with Crippen LogP contribution in [-0.4, -0.2) is 28.5 Å². The molecule has 0 amide bonds. The Bertz CT molecular complexity index is 679. The summed E-state index contributed by atoms with van der Waals surface area (Å²) in [6, 6.07) is 6.50. The highest BCUT2D eigenvalue weighted by Crippen LogP contribution is 2.19. The van der Waals surface area contributed by atoms with Crippen molar-refractivity contribution in [3.63, 3.8) is 0 Å². The number of rotatable bonds is 4. The van der Waals surface area contributed by atoms with Gasteiger partial charge >= 0.3 is 0 Å². The molecule has 0 aliphatic heterocycles. The number of aromatic hydroxyl groups is 1. The molecule has 1 aromatic carbocycles. The van der Waals surface area contributed by atoms with Crippen LogP contribution in [0.1, 0.15) is 5.56 Å². The zero-order valence-corrected chi connectivity index (χ0v) is 12.3. The molecule has 0 aliphatic rings. The minimum Gasteiger partial charge on any atom is -0.508 e. The van der Waals surface area contributed by atoms with Crippen molar-refractivity contribution in [2.75, 3.05) is 0 Å². The summed E-state index contributed by atoms with van der Waals surface area (Å²) in [5.74, 6) is 0.0346. The van der Waals surface area contributed by atoms with Crippen molar-refractivity contribution >= 4 is 26.0 Å². The maximum atomic E-state index is 12.1. The number of aryl methyl sites for hydroxylation is 1. The van der Waals surface area contributed by atoms with Gasteiger partial charge in [-0.05, 0) is 22.0 Å². The molecular weight excluding hydrogens is 336 g/mol. The summed E-state index contributed by atoms with van der Waals surface area (Å²) in [7, 11) is -2.28. The topological polar surface area (TPSA) is 97.1 Å².